The Kier molecular flexibility index (Phi) is 6.40. The maximum atomic E-state index is 13.2. The summed E-state index contributed by atoms with van der Waals surface area (Å²) in [7, 11) is -3.64. The fourth-order valence-electron chi connectivity index (χ4n) is 4.29. The number of hydrogen-bond donors (Lipinski definition) is 0. The van der Waals surface area contributed by atoms with E-state index in [9.17, 15) is 21.6 Å². The lowest BCUT2D eigenvalue weighted by atomic mass is 10.0. The van der Waals surface area contributed by atoms with Gasteiger partial charge >= 0.3 is 6.18 Å². The highest BCUT2D eigenvalue weighted by Crippen LogP contribution is 2.32. The van der Waals surface area contributed by atoms with E-state index in [-0.39, 0.29) is 23.8 Å². The van der Waals surface area contributed by atoms with Crippen molar-refractivity contribution in [2.24, 2.45) is 0 Å². The molecule has 1 fully saturated rings. The number of nitrogens with zero attached hydrogens (tertiary/aromatic N) is 6. The topological polar surface area (TPSA) is 83.7 Å². The van der Waals surface area contributed by atoms with Crippen LogP contribution in [0.5, 0.6) is 0 Å². The number of sulfonamides is 1. The van der Waals surface area contributed by atoms with Gasteiger partial charge < -0.3 is 4.90 Å². The quantitative estimate of drug-likeness (QED) is 0.379. The van der Waals surface area contributed by atoms with Gasteiger partial charge in [-0.3, -0.25) is 0 Å². The summed E-state index contributed by atoms with van der Waals surface area (Å²) in [6.07, 6.45) is -3.00. The number of benzene rings is 2. The monoisotopic (exact) mass is 530 g/mol. The second-order valence-electron chi connectivity index (χ2n) is 9.15. The Bertz CT molecular complexity index is 1530. The average molecular weight is 531 g/mol. The van der Waals surface area contributed by atoms with Gasteiger partial charge in [0, 0.05) is 37.9 Å². The van der Waals surface area contributed by atoms with Crippen molar-refractivity contribution < 1.29 is 21.6 Å². The maximum absolute atomic E-state index is 13.2. The summed E-state index contributed by atoms with van der Waals surface area (Å²) in [5.41, 5.74) is 1.06. The van der Waals surface area contributed by atoms with E-state index in [2.05, 4.69) is 15.1 Å². The second-order valence-corrected chi connectivity index (χ2v) is 11.1. The number of fused-ring (bicyclic) bond motifs is 1. The molecule has 8 nitrogen and oxygen atoms in total. The van der Waals surface area contributed by atoms with E-state index in [4.69, 9.17) is 0 Å². The van der Waals surface area contributed by atoms with Gasteiger partial charge in [-0.1, -0.05) is 38.1 Å². The number of rotatable bonds is 5. The average Bonchev–Trinajstić information content (AvgIpc) is 3.33. The molecule has 5 rings (SSSR count). The Morgan fingerprint density at radius 2 is 1.65 bits per heavy atom. The summed E-state index contributed by atoms with van der Waals surface area (Å²) in [6, 6.07) is 13.5. The third kappa shape index (κ3) is 4.90. The van der Waals surface area contributed by atoms with Crippen molar-refractivity contribution in [2.45, 2.75) is 30.8 Å². The van der Waals surface area contributed by atoms with E-state index in [1.165, 1.54) is 21.1 Å². The highest BCUT2D eigenvalue weighted by molar-refractivity contribution is 7.89. The van der Waals surface area contributed by atoms with Gasteiger partial charge in [-0.15, -0.1) is 5.10 Å². The summed E-state index contributed by atoms with van der Waals surface area (Å²) in [5, 5.41) is 4.50. The molecule has 3 heterocycles. The SMILES string of the molecule is CC(C)c1ccc(S(=O)(=O)N2CCN(c3nc4nccc(-c5cccc(C(F)(F)F)c5)n4n3)CC2)cc1. The summed E-state index contributed by atoms with van der Waals surface area (Å²) in [5.74, 6) is 0.886. The molecule has 0 bridgehead atoms. The molecule has 0 aliphatic carbocycles. The molecular formula is C25H25F3N6O2S. The van der Waals surface area contributed by atoms with Gasteiger partial charge in [-0.05, 0) is 41.8 Å². The normalized spacial score (nSPS) is 15.6. The molecule has 0 spiro atoms. The van der Waals surface area contributed by atoms with E-state index in [1.807, 2.05) is 30.9 Å². The molecule has 0 unspecified atom stereocenters. The number of aromatic nitrogens is 4. The smallest absolute Gasteiger partial charge is 0.337 e. The summed E-state index contributed by atoms with van der Waals surface area (Å²) in [6.45, 7) is 5.32. The van der Waals surface area contributed by atoms with Gasteiger partial charge in [-0.2, -0.15) is 27.0 Å². The van der Waals surface area contributed by atoms with Crippen molar-refractivity contribution in [3.8, 4) is 11.3 Å². The highest BCUT2D eigenvalue weighted by Gasteiger charge is 2.32. The van der Waals surface area contributed by atoms with E-state index in [0.717, 1.165) is 17.7 Å². The lowest BCUT2D eigenvalue weighted by Gasteiger charge is -2.33. The summed E-state index contributed by atoms with van der Waals surface area (Å²) < 4.78 is 68.8. The molecule has 0 atom stereocenters. The highest BCUT2D eigenvalue weighted by atomic mass is 32.2. The van der Waals surface area contributed by atoms with Gasteiger partial charge in [0.15, 0.2) is 0 Å². The van der Waals surface area contributed by atoms with Crippen LogP contribution in [-0.4, -0.2) is 58.5 Å². The molecule has 0 N–H and O–H groups in total. The summed E-state index contributed by atoms with van der Waals surface area (Å²) >= 11 is 0. The first-order chi connectivity index (χ1) is 17.5. The molecule has 0 amide bonds. The van der Waals surface area contributed by atoms with Crippen molar-refractivity contribution in [3.05, 3.63) is 71.9 Å². The van der Waals surface area contributed by atoms with E-state index < -0.39 is 21.8 Å². The van der Waals surface area contributed by atoms with Gasteiger partial charge in [-0.25, -0.2) is 13.4 Å². The zero-order valence-electron chi connectivity index (χ0n) is 20.2. The minimum absolute atomic E-state index is 0.241. The molecule has 4 aromatic rings. The van der Waals surface area contributed by atoms with Crippen molar-refractivity contribution >= 4 is 21.7 Å². The molecule has 2 aromatic carbocycles. The first kappa shape index (κ1) is 25.2. The molecule has 1 saturated heterocycles. The molecule has 2 aromatic heterocycles. The van der Waals surface area contributed by atoms with Crippen LogP contribution in [0.1, 0.15) is 30.9 Å². The Hall–Kier alpha value is -3.51. The first-order valence-corrected chi connectivity index (χ1v) is 13.2. The Balaban J connectivity index is 1.36. The van der Waals surface area contributed by atoms with Crippen molar-refractivity contribution in [2.75, 3.05) is 31.1 Å². The lowest BCUT2D eigenvalue weighted by molar-refractivity contribution is -0.137. The van der Waals surface area contributed by atoms with Crippen LogP contribution in [0.25, 0.3) is 17.0 Å². The van der Waals surface area contributed by atoms with Crippen LogP contribution in [0.4, 0.5) is 19.1 Å². The molecule has 1 aliphatic heterocycles. The molecule has 0 saturated carbocycles. The zero-order valence-corrected chi connectivity index (χ0v) is 21.0. The molecule has 37 heavy (non-hydrogen) atoms. The van der Waals surface area contributed by atoms with Crippen LogP contribution < -0.4 is 4.90 Å². The predicted molar refractivity (Wildman–Crippen MR) is 133 cm³/mol. The number of halogens is 3. The van der Waals surface area contributed by atoms with Crippen molar-refractivity contribution in [3.63, 3.8) is 0 Å². The van der Waals surface area contributed by atoms with Gasteiger partial charge in [0.1, 0.15) is 0 Å². The number of piperazine rings is 1. The standard InChI is InChI=1S/C25H25F3N6O2S/c1-17(2)18-6-8-21(9-7-18)37(35,36)33-14-12-32(13-15-33)24-30-23-29-11-10-22(34(23)31-24)19-4-3-5-20(16-19)25(26,27)28/h3-11,16-17H,12-15H2,1-2H3. The molecule has 12 heteroatoms. The first-order valence-electron chi connectivity index (χ1n) is 11.8. The van der Waals surface area contributed by atoms with Crippen LogP contribution in [-0.2, 0) is 16.2 Å². The number of alkyl halides is 3. The van der Waals surface area contributed by atoms with Crippen LogP contribution in [0.2, 0.25) is 0 Å². The third-order valence-electron chi connectivity index (χ3n) is 6.42. The largest absolute Gasteiger partial charge is 0.416 e. The third-order valence-corrected chi connectivity index (χ3v) is 8.33. The Morgan fingerprint density at radius 3 is 2.30 bits per heavy atom. The van der Waals surface area contributed by atoms with Gasteiger partial charge in [0.25, 0.3) is 5.78 Å². The van der Waals surface area contributed by atoms with Crippen molar-refractivity contribution in [1.29, 1.82) is 0 Å². The number of anilines is 1. The fraction of sp³-hybridized carbons (Fsp3) is 0.320. The molecular weight excluding hydrogens is 505 g/mol. The van der Waals surface area contributed by atoms with E-state index in [1.54, 1.807) is 24.3 Å². The van der Waals surface area contributed by atoms with Crippen molar-refractivity contribution in [1.82, 2.24) is 23.9 Å². The maximum Gasteiger partial charge on any atom is 0.416 e. The van der Waals surface area contributed by atoms with E-state index in [0.29, 0.717) is 36.2 Å². The molecule has 194 valence electrons. The minimum Gasteiger partial charge on any atom is -0.337 e. The van der Waals surface area contributed by atoms with Crippen LogP contribution in [0, 0.1) is 0 Å². The van der Waals surface area contributed by atoms with Crippen LogP contribution >= 0.6 is 0 Å². The number of hydrogen-bond acceptors (Lipinski definition) is 6. The van der Waals surface area contributed by atoms with Gasteiger partial charge in [0.05, 0.1) is 16.2 Å². The lowest BCUT2D eigenvalue weighted by Crippen LogP contribution is -2.49. The molecule has 0 radical (unpaired) electrons. The fourth-order valence-corrected chi connectivity index (χ4v) is 5.72. The van der Waals surface area contributed by atoms with E-state index >= 15 is 0 Å². The molecule has 1 aliphatic rings. The summed E-state index contributed by atoms with van der Waals surface area (Å²) in [4.78, 5) is 10.7. The van der Waals surface area contributed by atoms with Crippen LogP contribution in [0.15, 0.2) is 65.7 Å². The zero-order chi connectivity index (χ0) is 26.4. The van der Waals surface area contributed by atoms with Crippen LogP contribution in [0.3, 0.4) is 0 Å². The minimum atomic E-state index is -4.47. The second kappa shape index (κ2) is 9.42. The predicted octanol–water partition coefficient (Wildman–Crippen LogP) is 4.44. The Morgan fingerprint density at radius 1 is 0.946 bits per heavy atom. The van der Waals surface area contributed by atoms with Gasteiger partial charge in [0.2, 0.25) is 16.0 Å². The Labute approximate surface area is 212 Å².